The summed E-state index contributed by atoms with van der Waals surface area (Å²) in [5, 5.41) is 2.09. The Kier molecular flexibility index (Phi) is 3.78. The van der Waals surface area contributed by atoms with Gasteiger partial charge >= 0.3 is 0 Å². The van der Waals surface area contributed by atoms with E-state index in [9.17, 15) is 0 Å². The fourth-order valence-electron chi connectivity index (χ4n) is 1.65. The summed E-state index contributed by atoms with van der Waals surface area (Å²) in [6, 6.07) is 2.10. The van der Waals surface area contributed by atoms with Crippen molar-refractivity contribution >= 4 is 27.3 Å². The summed E-state index contributed by atoms with van der Waals surface area (Å²) in [7, 11) is 0. The van der Waals surface area contributed by atoms with Gasteiger partial charge in [0.2, 0.25) is 0 Å². The quantitative estimate of drug-likeness (QED) is 0.943. The van der Waals surface area contributed by atoms with Crippen LogP contribution in [0.1, 0.15) is 24.4 Å². The van der Waals surface area contributed by atoms with E-state index in [1.807, 2.05) is 12.4 Å². The number of hydrogen-bond acceptors (Lipinski definition) is 3. The van der Waals surface area contributed by atoms with Crippen molar-refractivity contribution in [1.82, 2.24) is 9.55 Å². The van der Waals surface area contributed by atoms with Gasteiger partial charge in [-0.25, -0.2) is 4.98 Å². The maximum Gasteiger partial charge on any atom is 0.110 e. The first-order valence-electron chi connectivity index (χ1n) is 5.20. The molecule has 2 aromatic rings. The molecule has 0 amide bonds. The molecule has 2 heterocycles. The van der Waals surface area contributed by atoms with Gasteiger partial charge in [0.25, 0.3) is 0 Å². The number of aromatic nitrogens is 2. The van der Waals surface area contributed by atoms with Gasteiger partial charge in [0.05, 0.1) is 3.79 Å². The lowest BCUT2D eigenvalue weighted by Gasteiger charge is -2.10. The fourth-order valence-corrected chi connectivity index (χ4v) is 2.89. The fraction of sp³-hybridized carbons (Fsp3) is 0.364. The first kappa shape index (κ1) is 11.8. The second-order valence-electron chi connectivity index (χ2n) is 3.62. The number of nitrogens with two attached hydrogens (primary N) is 1. The van der Waals surface area contributed by atoms with Gasteiger partial charge in [0.15, 0.2) is 0 Å². The Labute approximate surface area is 107 Å². The van der Waals surface area contributed by atoms with Crippen molar-refractivity contribution in [3.05, 3.63) is 39.0 Å². The summed E-state index contributed by atoms with van der Waals surface area (Å²) in [5.74, 6) is 1.05. The summed E-state index contributed by atoms with van der Waals surface area (Å²) in [4.78, 5) is 4.33. The third-order valence-corrected chi connectivity index (χ3v) is 4.08. The van der Waals surface area contributed by atoms with Crippen molar-refractivity contribution in [2.45, 2.75) is 25.9 Å². The monoisotopic (exact) mass is 299 g/mol. The predicted molar refractivity (Wildman–Crippen MR) is 70.6 cm³/mol. The minimum absolute atomic E-state index is 0.0234. The van der Waals surface area contributed by atoms with E-state index in [0.29, 0.717) is 0 Å². The number of rotatable bonds is 4. The van der Waals surface area contributed by atoms with Gasteiger partial charge in [-0.1, -0.05) is 0 Å². The molecular formula is C11H14BrN3S. The van der Waals surface area contributed by atoms with Crippen molar-refractivity contribution in [1.29, 1.82) is 0 Å². The molecule has 1 atom stereocenters. The predicted octanol–water partition coefficient (Wildman–Crippen LogP) is 2.97. The van der Waals surface area contributed by atoms with Crippen LogP contribution in [-0.4, -0.2) is 9.55 Å². The van der Waals surface area contributed by atoms with Crippen molar-refractivity contribution in [2.75, 3.05) is 0 Å². The summed E-state index contributed by atoms with van der Waals surface area (Å²) in [6.45, 7) is 3.05. The van der Waals surface area contributed by atoms with E-state index in [-0.39, 0.29) is 6.04 Å². The number of aryl methyl sites for hydroxylation is 1. The molecule has 0 saturated heterocycles. The number of halogens is 1. The zero-order valence-corrected chi connectivity index (χ0v) is 11.5. The van der Waals surface area contributed by atoms with Gasteiger partial charge in [-0.15, -0.1) is 11.3 Å². The van der Waals surface area contributed by atoms with Crippen LogP contribution in [0.3, 0.4) is 0 Å². The Bertz CT molecular complexity index is 463. The van der Waals surface area contributed by atoms with E-state index in [0.717, 1.165) is 22.6 Å². The molecule has 16 heavy (non-hydrogen) atoms. The summed E-state index contributed by atoms with van der Waals surface area (Å²) < 4.78 is 3.25. The van der Waals surface area contributed by atoms with Crippen molar-refractivity contribution in [2.24, 2.45) is 5.73 Å². The third-order valence-electron chi connectivity index (χ3n) is 2.56. The number of imidazole rings is 1. The molecule has 0 fully saturated rings. The van der Waals surface area contributed by atoms with E-state index in [1.165, 1.54) is 5.56 Å². The van der Waals surface area contributed by atoms with Crippen molar-refractivity contribution in [3.8, 4) is 0 Å². The lowest BCUT2D eigenvalue weighted by Crippen LogP contribution is -2.15. The van der Waals surface area contributed by atoms with Crippen LogP contribution in [0.5, 0.6) is 0 Å². The first-order chi connectivity index (χ1) is 7.70. The van der Waals surface area contributed by atoms with Crippen LogP contribution >= 0.6 is 27.3 Å². The molecule has 2 rings (SSSR count). The molecule has 0 bridgehead atoms. The van der Waals surface area contributed by atoms with Crippen LogP contribution in [-0.2, 0) is 13.0 Å². The highest BCUT2D eigenvalue weighted by molar-refractivity contribution is 9.11. The molecule has 0 aliphatic carbocycles. The van der Waals surface area contributed by atoms with Crippen LogP contribution in [0.2, 0.25) is 0 Å². The number of thiophene rings is 1. The minimum Gasteiger partial charge on any atom is -0.335 e. The van der Waals surface area contributed by atoms with Crippen LogP contribution < -0.4 is 5.73 Å². The summed E-state index contributed by atoms with van der Waals surface area (Å²) in [6.07, 6.45) is 4.60. The zero-order valence-electron chi connectivity index (χ0n) is 9.06. The maximum absolute atomic E-state index is 6.16. The Morgan fingerprint density at radius 3 is 3.06 bits per heavy atom. The van der Waals surface area contributed by atoms with Crippen molar-refractivity contribution < 1.29 is 0 Å². The number of nitrogens with zero attached hydrogens (tertiary/aromatic N) is 2. The molecular weight excluding hydrogens is 286 g/mol. The smallest absolute Gasteiger partial charge is 0.110 e. The van der Waals surface area contributed by atoms with Crippen LogP contribution in [0.4, 0.5) is 0 Å². The van der Waals surface area contributed by atoms with E-state index in [1.54, 1.807) is 11.3 Å². The van der Waals surface area contributed by atoms with E-state index in [4.69, 9.17) is 5.73 Å². The Balaban J connectivity index is 2.10. The molecule has 1 unspecified atom stereocenters. The molecule has 86 valence electrons. The molecule has 0 aliphatic heterocycles. The average Bonchev–Trinajstić information content (AvgIpc) is 2.86. The maximum atomic E-state index is 6.16. The molecule has 0 aliphatic rings. The third kappa shape index (κ3) is 2.53. The summed E-state index contributed by atoms with van der Waals surface area (Å²) in [5.41, 5.74) is 7.32. The molecule has 3 nitrogen and oxygen atoms in total. The van der Waals surface area contributed by atoms with Gasteiger partial charge in [-0.05, 0) is 39.9 Å². The van der Waals surface area contributed by atoms with E-state index < -0.39 is 0 Å². The zero-order chi connectivity index (χ0) is 11.5. The molecule has 0 saturated carbocycles. The molecule has 5 heteroatoms. The lowest BCUT2D eigenvalue weighted by atomic mass is 10.1. The Morgan fingerprint density at radius 2 is 2.44 bits per heavy atom. The second-order valence-corrected chi connectivity index (χ2v) is 5.91. The van der Waals surface area contributed by atoms with Crippen LogP contribution in [0.15, 0.2) is 27.6 Å². The molecule has 2 N–H and O–H groups in total. The van der Waals surface area contributed by atoms with E-state index >= 15 is 0 Å². The molecule has 0 spiro atoms. The second kappa shape index (κ2) is 5.12. The normalized spacial score (nSPS) is 12.9. The molecule has 2 aromatic heterocycles. The topological polar surface area (TPSA) is 43.8 Å². The van der Waals surface area contributed by atoms with Crippen LogP contribution in [0, 0.1) is 0 Å². The standard InChI is InChI=1S/C11H14BrN3S/c1-2-15-4-3-14-11(15)6-9(13)8-5-10(12)16-7-8/h3-5,7,9H,2,6,13H2,1H3. The summed E-state index contributed by atoms with van der Waals surface area (Å²) >= 11 is 5.11. The van der Waals surface area contributed by atoms with Crippen LogP contribution in [0.25, 0.3) is 0 Å². The Morgan fingerprint density at radius 1 is 1.62 bits per heavy atom. The van der Waals surface area contributed by atoms with E-state index in [2.05, 4.69) is 43.9 Å². The highest BCUT2D eigenvalue weighted by Crippen LogP contribution is 2.25. The molecule has 0 radical (unpaired) electrons. The number of hydrogen-bond donors (Lipinski definition) is 1. The largest absolute Gasteiger partial charge is 0.335 e. The van der Waals surface area contributed by atoms with Gasteiger partial charge in [-0.2, -0.15) is 0 Å². The van der Waals surface area contributed by atoms with Gasteiger partial charge in [0.1, 0.15) is 5.82 Å². The Hall–Kier alpha value is -0.650. The molecule has 0 aromatic carbocycles. The van der Waals surface area contributed by atoms with Gasteiger partial charge in [0, 0.05) is 31.4 Å². The average molecular weight is 300 g/mol. The first-order valence-corrected chi connectivity index (χ1v) is 6.87. The SMILES string of the molecule is CCn1ccnc1CC(N)c1csc(Br)c1. The van der Waals surface area contributed by atoms with Gasteiger partial charge < -0.3 is 10.3 Å². The minimum atomic E-state index is 0.0234. The lowest BCUT2D eigenvalue weighted by molar-refractivity contribution is 0.629. The van der Waals surface area contributed by atoms with Crippen molar-refractivity contribution in [3.63, 3.8) is 0 Å². The highest BCUT2D eigenvalue weighted by atomic mass is 79.9. The highest BCUT2D eigenvalue weighted by Gasteiger charge is 2.12. The van der Waals surface area contributed by atoms with Gasteiger partial charge in [-0.3, -0.25) is 0 Å².